The summed E-state index contributed by atoms with van der Waals surface area (Å²) >= 11 is 6.38. The second-order valence-electron chi connectivity index (χ2n) is 8.94. The molecule has 1 atom stereocenters. The number of carbonyl (C=O) groups is 2. The predicted molar refractivity (Wildman–Crippen MR) is 155 cm³/mol. The molecule has 1 unspecified atom stereocenters. The Labute approximate surface area is 244 Å². The van der Waals surface area contributed by atoms with Gasteiger partial charge in [-0.25, -0.2) is 12.8 Å². The number of rotatable bonds is 13. The van der Waals surface area contributed by atoms with E-state index in [1.165, 1.54) is 49.5 Å². The summed E-state index contributed by atoms with van der Waals surface area (Å²) in [6, 6.07) is 14.7. The van der Waals surface area contributed by atoms with Gasteiger partial charge in [0.1, 0.15) is 18.4 Å². The van der Waals surface area contributed by atoms with Crippen molar-refractivity contribution in [1.29, 1.82) is 0 Å². The van der Waals surface area contributed by atoms with Crippen molar-refractivity contribution in [1.82, 2.24) is 10.2 Å². The number of methoxy groups -OCH3 is 2. The van der Waals surface area contributed by atoms with E-state index in [-0.39, 0.29) is 35.2 Å². The van der Waals surface area contributed by atoms with Crippen LogP contribution in [-0.2, 0) is 26.2 Å². The fourth-order valence-electron chi connectivity index (χ4n) is 4.26. The summed E-state index contributed by atoms with van der Waals surface area (Å²) in [4.78, 5) is 28.1. The van der Waals surface area contributed by atoms with Gasteiger partial charge in [-0.05, 0) is 61.4 Å². The normalized spacial score (nSPS) is 11.9. The van der Waals surface area contributed by atoms with Crippen molar-refractivity contribution in [2.75, 3.05) is 31.6 Å². The molecule has 3 aromatic rings. The molecule has 0 fully saturated rings. The quantitative estimate of drug-likeness (QED) is 0.304. The number of amides is 2. The van der Waals surface area contributed by atoms with Crippen molar-refractivity contribution in [3.8, 4) is 11.5 Å². The molecule has 0 heterocycles. The Morgan fingerprint density at radius 2 is 1.63 bits per heavy atom. The van der Waals surface area contributed by atoms with Crippen LogP contribution >= 0.6 is 11.6 Å². The van der Waals surface area contributed by atoms with Gasteiger partial charge in [-0.2, -0.15) is 0 Å². The van der Waals surface area contributed by atoms with Crippen molar-refractivity contribution in [2.24, 2.45) is 0 Å². The van der Waals surface area contributed by atoms with Crippen molar-refractivity contribution in [3.05, 3.63) is 83.1 Å². The summed E-state index contributed by atoms with van der Waals surface area (Å²) < 4.78 is 53.2. The lowest BCUT2D eigenvalue weighted by molar-refractivity contribution is -0.140. The number of nitrogens with one attached hydrogen (secondary N) is 1. The monoisotopic (exact) mass is 605 g/mol. The van der Waals surface area contributed by atoms with E-state index in [1.807, 2.05) is 0 Å². The Morgan fingerprint density at radius 1 is 0.976 bits per heavy atom. The Hall–Kier alpha value is -3.83. The molecule has 0 saturated carbocycles. The number of anilines is 1. The minimum absolute atomic E-state index is 0.0399. The molecule has 0 saturated heterocycles. The van der Waals surface area contributed by atoms with Crippen molar-refractivity contribution < 1.29 is 31.9 Å². The molecule has 3 aromatic carbocycles. The molecule has 0 spiro atoms. The van der Waals surface area contributed by atoms with E-state index in [0.717, 1.165) is 16.4 Å². The molecule has 0 radical (unpaired) electrons. The lowest BCUT2D eigenvalue weighted by atomic mass is 10.1. The molecule has 9 nitrogen and oxygen atoms in total. The maximum Gasteiger partial charge on any atom is 0.264 e. The number of hydrogen-bond donors (Lipinski definition) is 1. The third kappa shape index (κ3) is 7.47. The molecule has 220 valence electrons. The Bertz CT molecular complexity index is 1470. The summed E-state index contributed by atoms with van der Waals surface area (Å²) in [7, 11) is -1.61. The van der Waals surface area contributed by atoms with E-state index < -0.39 is 34.3 Å². The van der Waals surface area contributed by atoms with Crippen molar-refractivity contribution >= 4 is 39.1 Å². The van der Waals surface area contributed by atoms with Gasteiger partial charge in [0.25, 0.3) is 10.0 Å². The molecule has 0 aliphatic carbocycles. The molecule has 0 aromatic heterocycles. The van der Waals surface area contributed by atoms with Crippen LogP contribution in [0.4, 0.5) is 10.1 Å². The molecule has 0 aliphatic heterocycles. The van der Waals surface area contributed by atoms with E-state index in [2.05, 4.69) is 5.32 Å². The van der Waals surface area contributed by atoms with Crippen LogP contribution in [0.2, 0.25) is 5.02 Å². The van der Waals surface area contributed by atoms with Crippen LogP contribution in [0.5, 0.6) is 11.5 Å². The van der Waals surface area contributed by atoms with Crippen LogP contribution in [0.3, 0.4) is 0 Å². The minimum Gasteiger partial charge on any atom is -0.493 e. The Morgan fingerprint density at radius 3 is 2.22 bits per heavy atom. The average Bonchev–Trinajstić information content (AvgIpc) is 2.96. The highest BCUT2D eigenvalue weighted by atomic mass is 35.5. The summed E-state index contributed by atoms with van der Waals surface area (Å²) in [6.07, 6.45) is 0.265. The first-order valence-corrected chi connectivity index (χ1v) is 14.7. The third-order valence-corrected chi connectivity index (χ3v) is 8.51. The number of sulfonamides is 1. The SMILES string of the molecule is CCNC(=O)C(CC)N(Cc1ccccc1Cl)C(=O)CN(c1ccc(F)cc1)S(=O)(=O)c1ccc(OC)c(OC)c1. The Balaban J connectivity index is 2.10. The van der Waals surface area contributed by atoms with Gasteiger partial charge in [-0.3, -0.25) is 13.9 Å². The first-order chi connectivity index (χ1) is 19.6. The second kappa shape index (κ2) is 14.2. The minimum atomic E-state index is -4.40. The highest BCUT2D eigenvalue weighted by Gasteiger charge is 2.34. The first kappa shape index (κ1) is 31.7. The van der Waals surface area contributed by atoms with Gasteiger partial charge in [0.15, 0.2) is 11.5 Å². The van der Waals surface area contributed by atoms with Crippen LogP contribution in [0.1, 0.15) is 25.8 Å². The molecule has 0 bridgehead atoms. The van der Waals surface area contributed by atoms with Gasteiger partial charge in [0, 0.05) is 24.2 Å². The molecule has 41 heavy (non-hydrogen) atoms. The van der Waals surface area contributed by atoms with Gasteiger partial charge >= 0.3 is 0 Å². The maximum absolute atomic E-state index is 14.0. The Kier molecular flexibility index (Phi) is 11.0. The number of nitrogens with zero attached hydrogens (tertiary/aromatic N) is 2. The number of hydrogen-bond acceptors (Lipinski definition) is 6. The zero-order chi connectivity index (χ0) is 30.2. The fourth-order valence-corrected chi connectivity index (χ4v) is 5.89. The van der Waals surface area contributed by atoms with Crippen molar-refractivity contribution in [2.45, 2.75) is 37.8 Å². The van der Waals surface area contributed by atoms with E-state index in [0.29, 0.717) is 22.9 Å². The van der Waals surface area contributed by atoms with E-state index in [1.54, 1.807) is 38.1 Å². The van der Waals surface area contributed by atoms with E-state index >= 15 is 0 Å². The maximum atomic E-state index is 14.0. The smallest absolute Gasteiger partial charge is 0.264 e. The van der Waals surface area contributed by atoms with Crippen LogP contribution < -0.4 is 19.1 Å². The van der Waals surface area contributed by atoms with Crippen LogP contribution in [-0.4, -0.2) is 58.5 Å². The lowest BCUT2D eigenvalue weighted by Crippen LogP contribution is -2.52. The largest absolute Gasteiger partial charge is 0.493 e. The highest BCUT2D eigenvalue weighted by molar-refractivity contribution is 7.92. The molecule has 3 rings (SSSR count). The van der Waals surface area contributed by atoms with Gasteiger partial charge in [-0.1, -0.05) is 36.7 Å². The van der Waals surface area contributed by atoms with E-state index in [9.17, 15) is 22.4 Å². The van der Waals surface area contributed by atoms with Gasteiger partial charge < -0.3 is 19.7 Å². The number of halogens is 2. The topological polar surface area (TPSA) is 105 Å². The molecular weight excluding hydrogens is 573 g/mol. The highest BCUT2D eigenvalue weighted by Crippen LogP contribution is 2.32. The molecule has 2 amide bonds. The van der Waals surface area contributed by atoms with Crippen molar-refractivity contribution in [3.63, 3.8) is 0 Å². The average molecular weight is 606 g/mol. The summed E-state index contributed by atoms with van der Waals surface area (Å²) in [6.45, 7) is 3.14. The molecule has 1 N–H and O–H groups in total. The standard InChI is InChI=1S/C29H33ClFN3O6S/c1-5-25(29(36)32-6-2)33(18-20-9-7-8-10-24(20)30)28(35)19-34(22-13-11-21(31)12-14-22)41(37,38)23-15-16-26(39-3)27(17-23)40-4/h7-17,25H,5-6,18-19H2,1-4H3,(H,32,36). The van der Waals surface area contributed by atoms with Gasteiger partial charge in [0.05, 0.1) is 24.8 Å². The fraction of sp³-hybridized carbons (Fsp3) is 0.310. The summed E-state index contributed by atoms with van der Waals surface area (Å²) in [5, 5.41) is 3.13. The van der Waals surface area contributed by atoms with E-state index in [4.69, 9.17) is 21.1 Å². The first-order valence-electron chi connectivity index (χ1n) is 12.9. The third-order valence-electron chi connectivity index (χ3n) is 6.37. The second-order valence-corrected chi connectivity index (χ2v) is 11.2. The van der Waals surface area contributed by atoms with Crippen LogP contribution in [0.25, 0.3) is 0 Å². The number of likely N-dealkylation sites (N-methyl/N-ethyl adjacent to an activating group) is 1. The molecule has 12 heteroatoms. The summed E-state index contributed by atoms with van der Waals surface area (Å²) in [5.74, 6) is -1.13. The van der Waals surface area contributed by atoms with Crippen LogP contribution in [0.15, 0.2) is 71.6 Å². The summed E-state index contributed by atoms with van der Waals surface area (Å²) in [5.41, 5.74) is 0.639. The number of ether oxygens (including phenoxy) is 2. The zero-order valence-corrected chi connectivity index (χ0v) is 24.8. The molecule has 0 aliphatic rings. The number of benzene rings is 3. The van der Waals surface area contributed by atoms with Gasteiger partial charge in [0.2, 0.25) is 11.8 Å². The van der Waals surface area contributed by atoms with Crippen LogP contribution in [0, 0.1) is 5.82 Å². The van der Waals surface area contributed by atoms with Gasteiger partial charge in [-0.15, -0.1) is 0 Å². The number of carbonyl (C=O) groups excluding carboxylic acids is 2. The lowest BCUT2D eigenvalue weighted by Gasteiger charge is -2.33. The predicted octanol–water partition coefficient (Wildman–Crippen LogP) is 4.64. The zero-order valence-electron chi connectivity index (χ0n) is 23.3. The molecular formula is C29H33ClFN3O6S.